The van der Waals surface area contributed by atoms with Crippen LogP contribution in [0.15, 0.2) is 41.6 Å². The minimum atomic E-state index is -3.48. The van der Waals surface area contributed by atoms with Crippen molar-refractivity contribution < 1.29 is 8.42 Å². The summed E-state index contributed by atoms with van der Waals surface area (Å²) in [6, 6.07) is 6.91. The molecule has 0 spiro atoms. The Morgan fingerprint density at radius 3 is 2.80 bits per heavy atom. The highest BCUT2D eigenvalue weighted by Crippen LogP contribution is 2.21. The fourth-order valence-electron chi connectivity index (χ4n) is 2.01. The molecule has 0 amide bonds. The zero-order valence-corrected chi connectivity index (χ0v) is 12.6. The molecule has 0 aliphatic carbocycles. The summed E-state index contributed by atoms with van der Waals surface area (Å²) in [5.41, 5.74) is 0. The van der Waals surface area contributed by atoms with Gasteiger partial charge in [0.15, 0.2) is 0 Å². The van der Waals surface area contributed by atoms with Gasteiger partial charge in [-0.15, -0.1) is 11.6 Å². The smallest absolute Gasteiger partial charge is 0.241 e. The summed E-state index contributed by atoms with van der Waals surface area (Å²) in [6.45, 7) is 0.431. The highest BCUT2D eigenvalue weighted by molar-refractivity contribution is 7.89. The predicted molar refractivity (Wildman–Crippen MR) is 81.5 cm³/mol. The first-order chi connectivity index (χ1) is 9.65. The number of hydrogen-bond acceptors (Lipinski definition) is 3. The normalized spacial score (nSPS) is 11.8. The average molecular weight is 313 g/mol. The largest absolute Gasteiger partial charge is 0.264 e. The number of hydrogen-bond donors (Lipinski definition) is 1. The predicted octanol–water partition coefficient (Wildman–Crippen LogP) is 2.92. The number of nitrogens with zero attached hydrogens (tertiary/aromatic N) is 1. The summed E-state index contributed by atoms with van der Waals surface area (Å²) in [5.74, 6) is 0.614. The molecule has 0 atom stereocenters. The van der Waals surface area contributed by atoms with Crippen molar-refractivity contribution >= 4 is 32.4 Å². The van der Waals surface area contributed by atoms with E-state index in [0.29, 0.717) is 22.7 Å². The first-order valence-electron chi connectivity index (χ1n) is 6.53. The van der Waals surface area contributed by atoms with Gasteiger partial charge in [0.25, 0.3) is 0 Å². The van der Waals surface area contributed by atoms with Crippen LogP contribution in [0.5, 0.6) is 0 Å². The van der Waals surface area contributed by atoms with Crippen LogP contribution in [0.1, 0.15) is 19.3 Å². The summed E-state index contributed by atoms with van der Waals surface area (Å²) < 4.78 is 27.3. The van der Waals surface area contributed by atoms with Gasteiger partial charge in [-0.25, -0.2) is 13.1 Å². The van der Waals surface area contributed by atoms with Gasteiger partial charge >= 0.3 is 0 Å². The van der Waals surface area contributed by atoms with Crippen molar-refractivity contribution in [2.45, 2.75) is 24.2 Å². The van der Waals surface area contributed by atoms with Crippen LogP contribution in [0.4, 0.5) is 0 Å². The van der Waals surface area contributed by atoms with Crippen LogP contribution >= 0.6 is 11.6 Å². The first kappa shape index (κ1) is 15.2. The molecular formula is C14H17ClN2O2S. The zero-order valence-electron chi connectivity index (χ0n) is 11.0. The molecule has 0 fully saturated rings. The van der Waals surface area contributed by atoms with Crippen molar-refractivity contribution in [3.63, 3.8) is 0 Å². The third kappa shape index (κ3) is 3.69. The second-order valence-corrected chi connectivity index (χ2v) is 6.61. The minimum absolute atomic E-state index is 0.301. The summed E-state index contributed by atoms with van der Waals surface area (Å²) in [7, 11) is -3.48. The van der Waals surface area contributed by atoms with E-state index < -0.39 is 10.0 Å². The maximum Gasteiger partial charge on any atom is 0.241 e. The quantitative estimate of drug-likeness (QED) is 0.631. The standard InChI is InChI=1S/C14H17ClN2O2S/c15-8-2-1-3-9-17-20(18,19)14-6-4-5-12-11-16-10-7-13(12)14/h4-7,10-11,17H,1-3,8-9H2. The number of halogens is 1. The lowest BCUT2D eigenvalue weighted by molar-refractivity contribution is 0.577. The van der Waals surface area contributed by atoms with Gasteiger partial charge in [-0.3, -0.25) is 4.98 Å². The Hall–Kier alpha value is -1.17. The number of nitrogens with one attached hydrogen (secondary N) is 1. The molecule has 2 rings (SSSR count). The van der Waals surface area contributed by atoms with E-state index in [1.165, 1.54) is 0 Å². The molecule has 0 unspecified atom stereocenters. The Morgan fingerprint density at radius 2 is 2.00 bits per heavy atom. The number of unbranched alkanes of at least 4 members (excludes halogenated alkanes) is 2. The van der Waals surface area contributed by atoms with Crippen molar-refractivity contribution in [1.82, 2.24) is 9.71 Å². The van der Waals surface area contributed by atoms with Crippen molar-refractivity contribution in [2.75, 3.05) is 12.4 Å². The van der Waals surface area contributed by atoms with Crippen molar-refractivity contribution in [2.24, 2.45) is 0 Å². The number of benzene rings is 1. The third-order valence-corrected chi connectivity index (χ3v) is 4.82. The number of alkyl halides is 1. The highest BCUT2D eigenvalue weighted by Gasteiger charge is 2.16. The third-order valence-electron chi connectivity index (χ3n) is 3.03. The van der Waals surface area contributed by atoms with Crippen LogP contribution < -0.4 is 4.72 Å². The Kier molecular flexibility index (Phi) is 5.34. The van der Waals surface area contributed by atoms with Gasteiger partial charge in [0.1, 0.15) is 0 Å². The second kappa shape index (κ2) is 7.02. The molecule has 0 saturated carbocycles. The molecule has 1 aromatic carbocycles. The summed E-state index contributed by atoms with van der Waals surface area (Å²) in [6.07, 6.45) is 5.88. The summed E-state index contributed by atoms with van der Waals surface area (Å²) in [4.78, 5) is 4.30. The monoisotopic (exact) mass is 312 g/mol. The maximum absolute atomic E-state index is 12.3. The Balaban J connectivity index is 2.15. The van der Waals surface area contributed by atoms with Gasteiger partial charge in [0.2, 0.25) is 10.0 Å². The summed E-state index contributed by atoms with van der Waals surface area (Å²) in [5, 5.41) is 1.51. The summed E-state index contributed by atoms with van der Waals surface area (Å²) >= 11 is 5.59. The van der Waals surface area contributed by atoms with Crippen LogP contribution in [0, 0.1) is 0 Å². The van der Waals surface area contributed by atoms with Gasteiger partial charge in [0, 0.05) is 35.6 Å². The van der Waals surface area contributed by atoms with E-state index in [2.05, 4.69) is 9.71 Å². The molecular weight excluding hydrogens is 296 g/mol. The van der Waals surface area contributed by atoms with E-state index in [0.717, 1.165) is 24.6 Å². The SMILES string of the molecule is O=S(=O)(NCCCCCCl)c1cccc2cnccc12. The highest BCUT2D eigenvalue weighted by atomic mass is 35.5. The average Bonchev–Trinajstić information content (AvgIpc) is 2.46. The molecule has 0 saturated heterocycles. The van der Waals surface area contributed by atoms with Crippen LogP contribution in [-0.4, -0.2) is 25.8 Å². The number of aromatic nitrogens is 1. The number of pyridine rings is 1. The van der Waals surface area contributed by atoms with E-state index in [1.54, 1.807) is 30.6 Å². The van der Waals surface area contributed by atoms with Gasteiger partial charge in [-0.2, -0.15) is 0 Å². The molecule has 4 nitrogen and oxygen atoms in total. The van der Waals surface area contributed by atoms with Gasteiger partial charge in [-0.05, 0) is 25.0 Å². The topological polar surface area (TPSA) is 59.1 Å². The molecule has 6 heteroatoms. The van der Waals surface area contributed by atoms with E-state index >= 15 is 0 Å². The van der Waals surface area contributed by atoms with Crippen LogP contribution in [0.2, 0.25) is 0 Å². The number of sulfonamides is 1. The van der Waals surface area contributed by atoms with E-state index in [9.17, 15) is 8.42 Å². The molecule has 1 aromatic heterocycles. The molecule has 0 radical (unpaired) electrons. The van der Waals surface area contributed by atoms with E-state index in [1.807, 2.05) is 6.07 Å². The van der Waals surface area contributed by atoms with Gasteiger partial charge < -0.3 is 0 Å². The number of fused-ring (bicyclic) bond motifs is 1. The fourth-order valence-corrected chi connectivity index (χ4v) is 3.50. The zero-order chi connectivity index (χ0) is 14.4. The fraction of sp³-hybridized carbons (Fsp3) is 0.357. The molecule has 108 valence electrons. The maximum atomic E-state index is 12.3. The van der Waals surface area contributed by atoms with Crippen LogP contribution in [0.3, 0.4) is 0 Å². The Labute approximate surface area is 124 Å². The molecule has 2 aromatic rings. The van der Waals surface area contributed by atoms with Crippen LogP contribution in [0.25, 0.3) is 10.8 Å². The number of rotatable bonds is 7. The second-order valence-electron chi connectivity index (χ2n) is 4.50. The van der Waals surface area contributed by atoms with Crippen molar-refractivity contribution in [3.8, 4) is 0 Å². The first-order valence-corrected chi connectivity index (χ1v) is 8.55. The van der Waals surface area contributed by atoms with E-state index in [4.69, 9.17) is 11.6 Å². The van der Waals surface area contributed by atoms with Gasteiger partial charge in [0.05, 0.1) is 4.90 Å². The lowest BCUT2D eigenvalue weighted by atomic mass is 10.2. The van der Waals surface area contributed by atoms with Crippen LogP contribution in [-0.2, 0) is 10.0 Å². The van der Waals surface area contributed by atoms with Crippen molar-refractivity contribution in [1.29, 1.82) is 0 Å². The molecule has 1 heterocycles. The lowest BCUT2D eigenvalue weighted by Gasteiger charge is -2.09. The van der Waals surface area contributed by atoms with Crippen molar-refractivity contribution in [3.05, 3.63) is 36.7 Å². The van der Waals surface area contributed by atoms with E-state index in [-0.39, 0.29) is 0 Å². The molecule has 1 N–H and O–H groups in total. The van der Waals surface area contributed by atoms with Gasteiger partial charge in [-0.1, -0.05) is 18.6 Å². The minimum Gasteiger partial charge on any atom is -0.264 e. The Morgan fingerprint density at radius 1 is 1.15 bits per heavy atom. The Bertz CT molecular complexity index is 668. The molecule has 0 aliphatic heterocycles. The lowest BCUT2D eigenvalue weighted by Crippen LogP contribution is -2.25. The molecule has 20 heavy (non-hydrogen) atoms. The molecule has 0 bridgehead atoms. The molecule has 0 aliphatic rings.